The molecule has 6 rings (SSSR count). The van der Waals surface area contributed by atoms with Crippen LogP contribution in [-0.2, 0) is 4.79 Å². The zero-order chi connectivity index (χ0) is 18.6. The molecule has 1 N–H and O–H groups in total. The predicted molar refractivity (Wildman–Crippen MR) is 109 cm³/mol. The lowest BCUT2D eigenvalue weighted by molar-refractivity contribution is -0.144. The second-order valence-corrected chi connectivity index (χ2v) is 11.5. The van der Waals surface area contributed by atoms with Crippen LogP contribution in [0.1, 0.15) is 55.0 Å². The van der Waals surface area contributed by atoms with Crippen LogP contribution in [0.25, 0.3) is 0 Å². The van der Waals surface area contributed by atoms with Gasteiger partial charge in [-0.2, -0.15) is 0 Å². The highest BCUT2D eigenvalue weighted by molar-refractivity contribution is 9.10. The fourth-order valence-corrected chi connectivity index (χ4v) is 8.38. The van der Waals surface area contributed by atoms with Crippen LogP contribution in [0.2, 0.25) is 0 Å². The Hall–Kier alpha value is -1.20. The summed E-state index contributed by atoms with van der Waals surface area (Å²) in [6.45, 7) is 0. The van der Waals surface area contributed by atoms with E-state index >= 15 is 0 Å². The largest absolute Gasteiger partial charge is 0.344 e. The zero-order valence-corrected chi connectivity index (χ0v) is 17.5. The molecule has 5 heteroatoms. The number of benzene rings is 1. The lowest BCUT2D eigenvalue weighted by Gasteiger charge is -2.59. The number of thiophene rings is 1. The highest BCUT2D eigenvalue weighted by Crippen LogP contribution is 2.64. The standard InChI is InChI=1S/C22H23BrFNOS/c23-22-11-14-8-15(12-22)10-21(9-14,13-22)20(26)25-19(18-2-1-7-27-18)16-3-5-17(24)6-4-16/h1-7,14-15,19H,8-13H2,(H,25,26). The van der Waals surface area contributed by atoms with Crippen LogP contribution in [0.5, 0.6) is 0 Å². The van der Waals surface area contributed by atoms with Crippen LogP contribution in [0, 0.1) is 23.1 Å². The Morgan fingerprint density at radius 3 is 2.44 bits per heavy atom. The van der Waals surface area contributed by atoms with E-state index in [4.69, 9.17) is 0 Å². The van der Waals surface area contributed by atoms with E-state index in [0.717, 1.165) is 29.7 Å². The van der Waals surface area contributed by atoms with Crippen molar-refractivity contribution in [3.8, 4) is 0 Å². The molecule has 0 radical (unpaired) electrons. The number of carbonyl (C=O) groups excluding carboxylic acids is 1. The van der Waals surface area contributed by atoms with Crippen LogP contribution < -0.4 is 5.32 Å². The highest BCUT2D eigenvalue weighted by atomic mass is 79.9. The Balaban J connectivity index is 1.45. The Morgan fingerprint density at radius 2 is 1.85 bits per heavy atom. The average Bonchev–Trinajstić information content (AvgIpc) is 3.12. The van der Waals surface area contributed by atoms with Crippen LogP contribution in [-0.4, -0.2) is 10.2 Å². The van der Waals surface area contributed by atoms with Crippen molar-refractivity contribution in [1.29, 1.82) is 0 Å². The summed E-state index contributed by atoms with van der Waals surface area (Å²) in [5.74, 6) is 1.27. The molecule has 142 valence electrons. The highest BCUT2D eigenvalue weighted by Gasteiger charge is 2.59. The van der Waals surface area contributed by atoms with Crippen molar-refractivity contribution in [3.63, 3.8) is 0 Å². The molecule has 0 spiro atoms. The molecule has 27 heavy (non-hydrogen) atoms. The third-order valence-corrected chi connectivity index (χ3v) is 8.64. The number of alkyl halides is 1. The summed E-state index contributed by atoms with van der Waals surface area (Å²) in [5, 5.41) is 5.38. The quantitative estimate of drug-likeness (QED) is 0.587. The molecule has 3 atom stereocenters. The topological polar surface area (TPSA) is 29.1 Å². The van der Waals surface area contributed by atoms with Crippen molar-refractivity contribution in [2.45, 2.75) is 48.9 Å². The van der Waals surface area contributed by atoms with Gasteiger partial charge in [0.15, 0.2) is 0 Å². The van der Waals surface area contributed by atoms with Crippen molar-refractivity contribution in [2.24, 2.45) is 17.3 Å². The lowest BCUT2D eigenvalue weighted by Crippen LogP contribution is -2.58. The lowest BCUT2D eigenvalue weighted by atomic mass is 9.49. The Labute approximate surface area is 171 Å². The third-order valence-electron chi connectivity index (χ3n) is 6.78. The summed E-state index contributed by atoms with van der Waals surface area (Å²) < 4.78 is 13.6. The summed E-state index contributed by atoms with van der Waals surface area (Å²) in [5.41, 5.74) is 0.689. The van der Waals surface area contributed by atoms with Gasteiger partial charge in [0.1, 0.15) is 5.82 Å². The van der Waals surface area contributed by atoms with Gasteiger partial charge < -0.3 is 5.32 Å². The first-order valence-electron chi connectivity index (χ1n) is 9.74. The van der Waals surface area contributed by atoms with Gasteiger partial charge in [0.2, 0.25) is 5.91 Å². The molecule has 1 amide bonds. The maximum Gasteiger partial charge on any atom is 0.227 e. The van der Waals surface area contributed by atoms with Crippen molar-refractivity contribution in [1.82, 2.24) is 5.32 Å². The minimum atomic E-state index is -0.252. The molecule has 0 saturated heterocycles. The van der Waals surface area contributed by atoms with Gasteiger partial charge in [-0.3, -0.25) is 4.79 Å². The second kappa shape index (κ2) is 6.41. The third kappa shape index (κ3) is 3.17. The molecule has 4 aliphatic carbocycles. The van der Waals surface area contributed by atoms with Crippen LogP contribution in [0.15, 0.2) is 41.8 Å². The first-order valence-corrected chi connectivity index (χ1v) is 11.4. The van der Waals surface area contributed by atoms with Crippen molar-refractivity contribution in [2.75, 3.05) is 0 Å². The van der Waals surface area contributed by atoms with Crippen molar-refractivity contribution >= 4 is 33.2 Å². The summed E-state index contributed by atoms with van der Waals surface area (Å²) in [6, 6.07) is 10.3. The van der Waals surface area contributed by atoms with Crippen LogP contribution in [0.3, 0.4) is 0 Å². The van der Waals surface area contributed by atoms with Gasteiger partial charge in [-0.15, -0.1) is 11.3 Å². The predicted octanol–water partition coefficient (Wildman–Crippen LogP) is 5.83. The van der Waals surface area contributed by atoms with Gasteiger partial charge in [-0.1, -0.05) is 34.1 Å². The molecular weight excluding hydrogens is 425 g/mol. The molecule has 4 bridgehead atoms. The van der Waals surface area contributed by atoms with E-state index in [9.17, 15) is 9.18 Å². The summed E-state index contributed by atoms with van der Waals surface area (Å²) in [7, 11) is 0. The number of halogens is 2. The molecule has 3 unspecified atom stereocenters. The zero-order valence-electron chi connectivity index (χ0n) is 15.1. The van der Waals surface area contributed by atoms with E-state index in [-0.39, 0.29) is 27.5 Å². The van der Waals surface area contributed by atoms with Crippen molar-refractivity contribution < 1.29 is 9.18 Å². The summed E-state index contributed by atoms with van der Waals surface area (Å²) in [4.78, 5) is 14.7. The maximum absolute atomic E-state index is 13.6. The minimum absolute atomic E-state index is 0.155. The van der Waals surface area contributed by atoms with E-state index in [0.29, 0.717) is 11.8 Å². The number of rotatable bonds is 4. The first kappa shape index (κ1) is 17.9. The first-order chi connectivity index (χ1) is 12.9. The Morgan fingerprint density at radius 1 is 1.15 bits per heavy atom. The number of hydrogen-bond donors (Lipinski definition) is 1. The molecule has 0 aliphatic heterocycles. The van der Waals surface area contributed by atoms with Gasteiger partial charge >= 0.3 is 0 Å². The fourth-order valence-electron chi connectivity index (χ4n) is 6.13. The van der Waals surface area contributed by atoms with E-state index in [1.54, 1.807) is 23.5 Å². The molecule has 4 fully saturated rings. The number of amides is 1. The van der Waals surface area contributed by atoms with Gasteiger partial charge in [0, 0.05) is 9.20 Å². The summed E-state index contributed by atoms with van der Waals surface area (Å²) in [6.07, 6.45) is 6.69. The SMILES string of the molecule is O=C(NC(c1ccc(F)cc1)c1cccs1)C12CC3CC(CC(Br)(C3)C1)C2. The van der Waals surface area contributed by atoms with E-state index in [1.165, 1.54) is 31.4 Å². The van der Waals surface area contributed by atoms with Crippen molar-refractivity contribution in [3.05, 3.63) is 58.0 Å². The van der Waals surface area contributed by atoms with Crippen LogP contribution >= 0.6 is 27.3 Å². The molecule has 1 aromatic carbocycles. The summed E-state index contributed by atoms with van der Waals surface area (Å²) >= 11 is 5.63. The fraction of sp³-hybridized carbons (Fsp3) is 0.500. The molecule has 1 aromatic heterocycles. The monoisotopic (exact) mass is 447 g/mol. The van der Waals surface area contributed by atoms with E-state index < -0.39 is 0 Å². The van der Waals surface area contributed by atoms with E-state index in [1.807, 2.05) is 17.5 Å². The molecule has 2 aromatic rings. The number of nitrogens with one attached hydrogen (secondary N) is 1. The molecule has 4 aliphatic rings. The second-order valence-electron chi connectivity index (χ2n) is 8.87. The Kier molecular flexibility index (Phi) is 4.24. The number of carbonyl (C=O) groups is 1. The average molecular weight is 448 g/mol. The van der Waals surface area contributed by atoms with Gasteiger partial charge in [0.05, 0.1) is 11.5 Å². The number of hydrogen-bond acceptors (Lipinski definition) is 2. The van der Waals surface area contributed by atoms with E-state index in [2.05, 4.69) is 21.2 Å². The van der Waals surface area contributed by atoms with Gasteiger partial charge in [-0.25, -0.2) is 4.39 Å². The molecule has 4 saturated carbocycles. The van der Waals surface area contributed by atoms with Gasteiger partial charge in [-0.05, 0) is 79.5 Å². The minimum Gasteiger partial charge on any atom is -0.344 e. The van der Waals surface area contributed by atoms with Gasteiger partial charge in [0.25, 0.3) is 0 Å². The molecule has 2 nitrogen and oxygen atoms in total. The smallest absolute Gasteiger partial charge is 0.227 e. The normalized spacial score (nSPS) is 35.2. The molecular formula is C22H23BrFNOS. The maximum atomic E-state index is 13.6. The van der Waals surface area contributed by atoms with Crippen LogP contribution in [0.4, 0.5) is 4.39 Å². The Bertz CT molecular complexity index is 836. The molecule has 1 heterocycles.